The van der Waals surface area contributed by atoms with Crippen LogP contribution in [0.2, 0.25) is 0 Å². The number of thiazole rings is 1. The summed E-state index contributed by atoms with van der Waals surface area (Å²) < 4.78 is 6.54. The Bertz CT molecular complexity index is 1210. The second-order valence-corrected chi connectivity index (χ2v) is 8.89. The van der Waals surface area contributed by atoms with Crippen molar-refractivity contribution in [2.75, 3.05) is 11.9 Å². The van der Waals surface area contributed by atoms with E-state index in [4.69, 9.17) is 4.74 Å². The number of rotatable bonds is 7. The van der Waals surface area contributed by atoms with E-state index >= 15 is 0 Å². The molecule has 0 aliphatic heterocycles. The van der Waals surface area contributed by atoms with Gasteiger partial charge in [0.2, 0.25) is 0 Å². The van der Waals surface area contributed by atoms with Crippen molar-refractivity contribution in [2.45, 2.75) is 20.8 Å². The zero-order valence-corrected chi connectivity index (χ0v) is 21.2. The average molecular weight is 457 g/mol. The molecule has 2 heterocycles. The Morgan fingerprint density at radius 1 is 1.12 bits per heavy atom. The van der Waals surface area contributed by atoms with Gasteiger partial charge in [0.05, 0.1) is 16.2 Å². The summed E-state index contributed by atoms with van der Waals surface area (Å²) in [6, 6.07) is 14.2. The molecule has 0 aliphatic rings. The first-order chi connectivity index (χ1) is 14.8. The summed E-state index contributed by atoms with van der Waals surface area (Å²) in [7, 11) is 0. The van der Waals surface area contributed by atoms with Crippen LogP contribution in [0.25, 0.3) is 21.3 Å². The second-order valence-electron chi connectivity index (χ2n) is 7.86. The molecule has 0 unspecified atom stereocenters. The smallest absolute Gasteiger partial charge is 0.549 e. The van der Waals surface area contributed by atoms with Crippen LogP contribution in [-0.4, -0.2) is 27.5 Å². The van der Waals surface area contributed by atoms with E-state index in [2.05, 4.69) is 26.3 Å². The summed E-state index contributed by atoms with van der Waals surface area (Å²) >= 11 is 1.61. The number of fused-ring (bicyclic) bond motifs is 1. The molecule has 4 aromatic rings. The zero-order valence-electron chi connectivity index (χ0n) is 18.4. The predicted octanol–water partition coefficient (Wildman–Crippen LogP) is 0.964. The Labute approximate surface area is 212 Å². The van der Waals surface area contributed by atoms with Crippen molar-refractivity contribution in [3.63, 3.8) is 0 Å². The molecule has 0 atom stereocenters. The Morgan fingerprint density at radius 3 is 2.50 bits per heavy atom. The summed E-state index contributed by atoms with van der Waals surface area (Å²) in [6.45, 7) is 5.02. The minimum absolute atomic E-state index is 0. The quantitative estimate of drug-likeness (QED) is 0.414. The Balaban J connectivity index is 0.00000289. The van der Waals surface area contributed by atoms with Gasteiger partial charge in [-0.15, -0.1) is 0 Å². The summed E-state index contributed by atoms with van der Waals surface area (Å²) in [5.74, 6) is -1.18. The number of benzene rings is 2. The molecule has 0 amide bonds. The number of aliphatic carboxylic acids is 1. The fourth-order valence-electron chi connectivity index (χ4n) is 2.87. The second kappa shape index (κ2) is 9.95. The molecular formula is C23H21N4NaO3S. The summed E-state index contributed by atoms with van der Waals surface area (Å²) in [5, 5.41) is 15.3. The molecule has 9 heteroatoms. The van der Waals surface area contributed by atoms with Crippen LogP contribution in [0.5, 0.6) is 6.01 Å². The van der Waals surface area contributed by atoms with Crippen LogP contribution in [-0.2, 0) is 4.79 Å². The van der Waals surface area contributed by atoms with Gasteiger partial charge in [-0.2, -0.15) is 0 Å². The fourth-order valence-corrected chi connectivity index (χ4v) is 3.75. The van der Waals surface area contributed by atoms with Crippen molar-refractivity contribution in [1.29, 1.82) is 0 Å². The maximum Gasteiger partial charge on any atom is 1.00 e. The monoisotopic (exact) mass is 456 g/mol. The van der Waals surface area contributed by atoms with Gasteiger partial charge in [-0.1, -0.05) is 43.4 Å². The van der Waals surface area contributed by atoms with Crippen LogP contribution >= 0.6 is 11.3 Å². The first kappa shape index (κ1) is 24.1. The zero-order chi connectivity index (χ0) is 22.0. The van der Waals surface area contributed by atoms with E-state index in [9.17, 15) is 9.90 Å². The largest absolute Gasteiger partial charge is 1.00 e. The van der Waals surface area contributed by atoms with Crippen molar-refractivity contribution in [2.24, 2.45) is 5.41 Å². The van der Waals surface area contributed by atoms with Crippen LogP contribution in [0.4, 0.5) is 10.8 Å². The Kier molecular flexibility index (Phi) is 7.51. The molecule has 158 valence electrons. The molecular weight excluding hydrogens is 435 g/mol. The first-order valence-corrected chi connectivity index (χ1v) is 10.5. The van der Waals surface area contributed by atoms with Gasteiger partial charge in [0, 0.05) is 29.1 Å². The number of nitrogens with zero attached hydrogens (tertiary/aromatic N) is 3. The van der Waals surface area contributed by atoms with Gasteiger partial charge >= 0.3 is 35.6 Å². The molecule has 4 rings (SSSR count). The molecule has 0 radical (unpaired) electrons. The van der Waals surface area contributed by atoms with Gasteiger partial charge in [0.25, 0.3) is 0 Å². The third-order valence-electron chi connectivity index (χ3n) is 4.84. The minimum atomic E-state index is -1.18. The molecule has 0 fully saturated rings. The van der Waals surface area contributed by atoms with Gasteiger partial charge in [-0.3, -0.25) is 0 Å². The molecule has 0 aliphatic carbocycles. The third kappa shape index (κ3) is 5.45. The molecule has 2 aromatic carbocycles. The van der Waals surface area contributed by atoms with E-state index in [0.717, 1.165) is 37.7 Å². The van der Waals surface area contributed by atoms with Crippen molar-refractivity contribution < 1.29 is 44.2 Å². The normalized spacial score (nSPS) is 11.1. The van der Waals surface area contributed by atoms with E-state index in [0.29, 0.717) is 0 Å². The number of carbonyl (C=O) groups excluding carboxylic acids is 1. The summed E-state index contributed by atoms with van der Waals surface area (Å²) in [6.07, 6.45) is 3.31. The molecule has 2 aromatic heterocycles. The van der Waals surface area contributed by atoms with Gasteiger partial charge in [-0.05, 0) is 42.3 Å². The topological polar surface area (TPSA) is 100 Å². The third-order valence-corrected chi connectivity index (χ3v) is 5.79. The standard InChI is InChI=1S/C23H22N4O3S.Na/c1-14-10-15(16-11-24-21(25-12-16)30-13-23(2,3)20(28)29)8-9-17(14)26-22-27-18-6-4-5-7-19(18)31-22;/h4-12H,13H2,1-3H3,(H,26,27)(H,28,29);/q;+1/p-1. The molecule has 0 saturated carbocycles. The number of carboxylic acid groups (broad SMARTS) is 1. The number of carbonyl (C=O) groups is 1. The number of aromatic nitrogens is 3. The van der Waals surface area contributed by atoms with Crippen LogP contribution in [0.1, 0.15) is 19.4 Å². The minimum Gasteiger partial charge on any atom is -0.549 e. The maximum absolute atomic E-state index is 11.1. The van der Waals surface area contributed by atoms with Crippen molar-refractivity contribution in [3.8, 4) is 17.1 Å². The predicted molar refractivity (Wildman–Crippen MR) is 119 cm³/mol. The van der Waals surface area contributed by atoms with E-state index in [1.54, 1.807) is 23.7 Å². The van der Waals surface area contributed by atoms with Crippen molar-refractivity contribution in [1.82, 2.24) is 15.0 Å². The number of para-hydroxylation sites is 1. The fraction of sp³-hybridized carbons (Fsp3) is 0.217. The van der Waals surface area contributed by atoms with Gasteiger partial charge in [-0.25, -0.2) is 15.0 Å². The number of carboxylic acids is 1. The van der Waals surface area contributed by atoms with E-state index in [1.165, 1.54) is 13.8 Å². The van der Waals surface area contributed by atoms with Gasteiger partial charge < -0.3 is 20.0 Å². The molecule has 0 saturated heterocycles. The summed E-state index contributed by atoms with van der Waals surface area (Å²) in [5.41, 5.74) is 3.70. The SMILES string of the molecule is Cc1cc(-c2cnc(OCC(C)(C)C(=O)[O-])nc2)ccc1Nc1nc2ccccc2s1.[Na+]. The van der Waals surface area contributed by atoms with Crippen LogP contribution < -0.4 is 44.7 Å². The van der Waals surface area contributed by atoms with Crippen LogP contribution in [0.3, 0.4) is 0 Å². The average Bonchev–Trinajstić information content (AvgIpc) is 3.16. The number of aryl methyl sites for hydroxylation is 1. The van der Waals surface area contributed by atoms with Gasteiger partial charge in [0.1, 0.15) is 6.61 Å². The van der Waals surface area contributed by atoms with Crippen LogP contribution in [0.15, 0.2) is 54.9 Å². The first-order valence-electron chi connectivity index (χ1n) is 9.72. The molecule has 0 bridgehead atoms. The molecule has 7 nitrogen and oxygen atoms in total. The number of ether oxygens (including phenoxy) is 1. The van der Waals surface area contributed by atoms with E-state index in [-0.39, 0.29) is 42.2 Å². The van der Waals surface area contributed by atoms with Gasteiger partial charge in [0.15, 0.2) is 5.13 Å². The van der Waals surface area contributed by atoms with Crippen molar-refractivity contribution in [3.05, 3.63) is 60.4 Å². The van der Waals surface area contributed by atoms with Crippen LogP contribution in [0, 0.1) is 12.3 Å². The molecule has 0 spiro atoms. The Morgan fingerprint density at radius 2 is 1.84 bits per heavy atom. The number of anilines is 2. The molecule has 1 N–H and O–H groups in total. The number of hydrogen-bond acceptors (Lipinski definition) is 8. The number of hydrogen-bond donors (Lipinski definition) is 1. The molecule has 32 heavy (non-hydrogen) atoms. The van der Waals surface area contributed by atoms with Crippen molar-refractivity contribution >= 4 is 38.3 Å². The Hall–Kier alpha value is -2.52. The summed E-state index contributed by atoms with van der Waals surface area (Å²) in [4.78, 5) is 24.1. The maximum atomic E-state index is 11.1. The van der Waals surface area contributed by atoms with E-state index in [1.807, 2.05) is 43.3 Å². The number of nitrogens with one attached hydrogen (secondary N) is 1. The van der Waals surface area contributed by atoms with E-state index < -0.39 is 11.4 Å².